The second-order valence-corrected chi connectivity index (χ2v) is 4.98. The molecule has 0 atom stereocenters. The van der Waals surface area contributed by atoms with E-state index in [-0.39, 0.29) is 0 Å². The first-order valence-corrected chi connectivity index (χ1v) is 5.84. The lowest BCUT2D eigenvalue weighted by molar-refractivity contribution is -0.696. The molecule has 0 bridgehead atoms. The molecule has 1 aromatic rings. The molecule has 0 radical (unpaired) electrons. The topological polar surface area (TPSA) is 8.81 Å². The Morgan fingerprint density at radius 1 is 1.30 bits per heavy atom. The van der Waals surface area contributed by atoms with Gasteiger partial charge in [-0.15, -0.1) is 0 Å². The van der Waals surface area contributed by atoms with Crippen molar-refractivity contribution in [2.24, 2.45) is 14.1 Å². The van der Waals surface area contributed by atoms with Gasteiger partial charge in [-0.25, -0.2) is 9.13 Å². The van der Waals surface area contributed by atoms with Gasteiger partial charge >= 0.3 is 3.83 Å². The van der Waals surface area contributed by atoms with Crippen LogP contribution in [0.25, 0.3) is 0 Å². The molecular formula is C5H6I3N2+. The highest BCUT2D eigenvalue weighted by molar-refractivity contribution is 14.1. The van der Waals surface area contributed by atoms with Crippen LogP contribution in [0, 0.1) is 11.2 Å². The lowest BCUT2D eigenvalue weighted by Crippen LogP contribution is -2.33. The van der Waals surface area contributed by atoms with Crippen LogP contribution in [0.4, 0.5) is 0 Å². The van der Waals surface area contributed by atoms with Gasteiger partial charge in [0, 0.05) is 45.2 Å². The molecule has 0 saturated carbocycles. The van der Waals surface area contributed by atoms with Crippen molar-refractivity contribution in [1.29, 1.82) is 0 Å². The molecule has 1 heterocycles. The average molecular weight is 475 g/mol. The summed E-state index contributed by atoms with van der Waals surface area (Å²) in [4.78, 5) is 0. The van der Waals surface area contributed by atoms with Crippen molar-refractivity contribution < 1.29 is 4.57 Å². The van der Waals surface area contributed by atoms with Gasteiger partial charge in [-0.05, 0) is 0 Å². The van der Waals surface area contributed by atoms with Gasteiger partial charge < -0.3 is 0 Å². The summed E-state index contributed by atoms with van der Waals surface area (Å²) in [6, 6.07) is 0. The third-order valence-corrected chi connectivity index (χ3v) is 6.26. The van der Waals surface area contributed by atoms with Crippen molar-refractivity contribution >= 4 is 67.8 Å². The Morgan fingerprint density at radius 2 is 1.80 bits per heavy atom. The first-order valence-electron chi connectivity index (χ1n) is 2.61. The molecule has 0 amide bonds. The summed E-state index contributed by atoms with van der Waals surface area (Å²) < 4.78 is 8.19. The minimum absolute atomic E-state index is 1.26. The first-order chi connectivity index (χ1) is 4.55. The Hall–Kier alpha value is 1.40. The number of rotatable bonds is 0. The molecule has 0 aliphatic carbocycles. The quantitative estimate of drug-likeness (QED) is 0.400. The van der Waals surface area contributed by atoms with Crippen LogP contribution >= 0.6 is 67.8 Å². The van der Waals surface area contributed by atoms with Crippen LogP contribution in [0.15, 0.2) is 0 Å². The van der Waals surface area contributed by atoms with Crippen molar-refractivity contribution in [3.8, 4) is 0 Å². The summed E-state index contributed by atoms with van der Waals surface area (Å²) in [6.45, 7) is 0. The largest absolute Gasteiger partial charge is 0.318 e. The Kier molecular flexibility index (Phi) is 3.24. The molecule has 1 aromatic heterocycles. The molecule has 0 aliphatic heterocycles. The van der Waals surface area contributed by atoms with Crippen LogP contribution < -0.4 is 4.57 Å². The van der Waals surface area contributed by atoms with Crippen LogP contribution in [0.3, 0.4) is 0 Å². The monoisotopic (exact) mass is 475 g/mol. The second-order valence-electron chi connectivity index (χ2n) is 1.97. The molecule has 56 valence electrons. The molecule has 10 heavy (non-hydrogen) atoms. The maximum Gasteiger partial charge on any atom is 0.318 e. The van der Waals surface area contributed by atoms with E-state index in [0.29, 0.717) is 0 Å². The van der Waals surface area contributed by atoms with E-state index in [4.69, 9.17) is 0 Å². The summed E-state index contributed by atoms with van der Waals surface area (Å²) in [5, 5.41) is 0. The van der Waals surface area contributed by atoms with Gasteiger partial charge in [-0.3, -0.25) is 0 Å². The Balaban J connectivity index is 3.44. The summed E-state index contributed by atoms with van der Waals surface area (Å²) in [7, 11) is 4.15. The van der Waals surface area contributed by atoms with Crippen LogP contribution in [0.1, 0.15) is 0 Å². The zero-order chi connectivity index (χ0) is 7.89. The molecule has 0 spiro atoms. The van der Waals surface area contributed by atoms with Crippen molar-refractivity contribution in [2.45, 2.75) is 0 Å². The van der Waals surface area contributed by atoms with Crippen LogP contribution in [0.2, 0.25) is 0 Å². The molecule has 0 fully saturated rings. The van der Waals surface area contributed by atoms with Gasteiger partial charge in [0.2, 0.25) is 7.40 Å². The maximum atomic E-state index is 2.35. The Labute approximate surface area is 101 Å². The van der Waals surface area contributed by atoms with E-state index in [9.17, 15) is 0 Å². The van der Waals surface area contributed by atoms with Gasteiger partial charge in [-0.1, -0.05) is 0 Å². The number of imidazole rings is 1. The molecule has 1 rings (SSSR count). The lowest BCUT2D eigenvalue weighted by atomic mass is 10.9. The summed E-state index contributed by atoms with van der Waals surface area (Å²) in [5.41, 5.74) is 0. The molecule has 0 aromatic carbocycles. The van der Waals surface area contributed by atoms with E-state index in [2.05, 4.69) is 91.0 Å². The van der Waals surface area contributed by atoms with E-state index in [1.165, 1.54) is 11.2 Å². The van der Waals surface area contributed by atoms with Crippen LogP contribution in [0.5, 0.6) is 0 Å². The Bertz CT molecular complexity index is 186. The summed E-state index contributed by atoms with van der Waals surface area (Å²) in [6.07, 6.45) is 0. The van der Waals surface area contributed by atoms with E-state index in [1.54, 1.807) is 0 Å². The Morgan fingerprint density at radius 3 is 1.90 bits per heavy atom. The number of hydrogen-bond acceptors (Lipinski definition) is 0. The molecule has 0 unspecified atom stereocenters. The molecule has 5 heteroatoms. The van der Waals surface area contributed by atoms with Gasteiger partial charge in [0.25, 0.3) is 0 Å². The molecular weight excluding hydrogens is 469 g/mol. The zero-order valence-corrected chi connectivity index (χ0v) is 12.0. The van der Waals surface area contributed by atoms with E-state index in [1.807, 2.05) is 0 Å². The first kappa shape index (κ1) is 9.49. The predicted molar refractivity (Wildman–Crippen MR) is 64.7 cm³/mol. The molecule has 0 N–H and O–H groups in total. The fourth-order valence-electron chi connectivity index (χ4n) is 0.664. The molecule has 0 saturated heterocycles. The van der Waals surface area contributed by atoms with Crippen LogP contribution in [-0.2, 0) is 14.1 Å². The number of hydrogen-bond donors (Lipinski definition) is 0. The number of halogens is 3. The normalized spacial score (nSPS) is 10.5. The van der Waals surface area contributed by atoms with Gasteiger partial charge in [0.15, 0.2) is 0 Å². The van der Waals surface area contributed by atoms with Crippen LogP contribution in [-0.4, -0.2) is 4.57 Å². The van der Waals surface area contributed by atoms with Gasteiger partial charge in [0.05, 0.1) is 36.7 Å². The van der Waals surface area contributed by atoms with Crippen molar-refractivity contribution in [3.63, 3.8) is 0 Å². The fourth-order valence-corrected chi connectivity index (χ4v) is 3.25. The van der Waals surface area contributed by atoms with Crippen molar-refractivity contribution in [1.82, 2.24) is 4.57 Å². The summed E-state index contributed by atoms with van der Waals surface area (Å²) in [5.74, 6) is 0. The predicted octanol–water partition coefficient (Wildman–Crippen LogP) is 1.66. The third-order valence-electron chi connectivity index (χ3n) is 1.31. The fraction of sp³-hybridized carbons (Fsp3) is 0.400. The lowest BCUT2D eigenvalue weighted by Gasteiger charge is -1.84. The highest BCUT2D eigenvalue weighted by Crippen LogP contribution is 2.13. The minimum Gasteiger partial charge on any atom is -0.215 e. The van der Waals surface area contributed by atoms with E-state index in [0.717, 1.165) is 0 Å². The highest BCUT2D eigenvalue weighted by Gasteiger charge is 2.19. The van der Waals surface area contributed by atoms with Crippen molar-refractivity contribution in [2.75, 3.05) is 0 Å². The highest BCUT2D eigenvalue weighted by atomic mass is 127. The molecule has 2 nitrogen and oxygen atoms in total. The number of nitrogens with zero attached hydrogens (tertiary/aromatic N) is 2. The second kappa shape index (κ2) is 3.42. The standard InChI is InChI=1S/C5H6I3N2/c1-9-3(6)4(7)10(2)5(9)8/h1-2H3/q+1. The van der Waals surface area contributed by atoms with E-state index < -0.39 is 0 Å². The minimum atomic E-state index is 1.26. The average Bonchev–Trinajstić information content (AvgIpc) is 2.07. The SMILES string of the molecule is Cn1c(I)c(I)[n+](C)c1I. The third kappa shape index (κ3) is 1.45. The zero-order valence-electron chi connectivity index (χ0n) is 5.53. The smallest absolute Gasteiger partial charge is 0.215 e. The summed E-state index contributed by atoms with van der Waals surface area (Å²) >= 11 is 7.02. The molecule has 0 aliphatic rings. The van der Waals surface area contributed by atoms with E-state index >= 15 is 0 Å². The number of aromatic nitrogens is 2. The maximum absolute atomic E-state index is 2.35. The van der Waals surface area contributed by atoms with Gasteiger partial charge in [0.1, 0.15) is 0 Å². The van der Waals surface area contributed by atoms with Gasteiger partial charge in [-0.2, -0.15) is 0 Å². The van der Waals surface area contributed by atoms with Crippen molar-refractivity contribution in [3.05, 3.63) is 11.2 Å².